The molecule has 0 bridgehead atoms. The zero-order valence-corrected chi connectivity index (χ0v) is 25.3. The summed E-state index contributed by atoms with van der Waals surface area (Å²) in [4.78, 5) is 51.9. The maximum absolute atomic E-state index is 14.4. The number of thioether (sulfide) groups is 1. The Morgan fingerprint density at radius 3 is 2.33 bits per heavy atom. The number of carbonyl (C=O) groups excluding carboxylic acids is 4. The van der Waals surface area contributed by atoms with Gasteiger partial charge in [-0.3, -0.25) is 14.4 Å². The smallest absolute Gasteiger partial charge is 0.407 e. The molecule has 0 radical (unpaired) electrons. The van der Waals surface area contributed by atoms with Crippen LogP contribution in [0.5, 0.6) is 0 Å². The Balaban J connectivity index is 1.65. The van der Waals surface area contributed by atoms with Crippen molar-refractivity contribution in [3.8, 4) is 0 Å². The highest BCUT2D eigenvalue weighted by Crippen LogP contribution is 2.26. The van der Waals surface area contributed by atoms with Gasteiger partial charge in [-0.05, 0) is 56.9 Å². The Kier molecular flexibility index (Phi) is 11.9. The van der Waals surface area contributed by atoms with Crippen LogP contribution in [0.2, 0.25) is 0 Å². The largest absolute Gasteiger partial charge is 0.466 e. The van der Waals surface area contributed by atoms with Crippen molar-refractivity contribution in [2.24, 2.45) is 0 Å². The van der Waals surface area contributed by atoms with Crippen LogP contribution >= 0.6 is 11.8 Å². The first-order valence-electron chi connectivity index (χ1n) is 13.8. The number of amides is 3. The molecule has 3 amide bonds. The molecular weight excluding hydrogens is 587 g/mol. The van der Waals surface area contributed by atoms with Crippen LogP contribution in [0.3, 0.4) is 0 Å². The van der Waals surface area contributed by atoms with Crippen molar-refractivity contribution in [3.05, 3.63) is 70.5 Å². The van der Waals surface area contributed by atoms with E-state index in [0.717, 1.165) is 11.1 Å². The minimum absolute atomic E-state index is 0.142. The second-order valence-electron chi connectivity index (χ2n) is 10.9. The number of nitrogens with zero attached hydrogens (tertiary/aromatic N) is 1. The van der Waals surface area contributed by atoms with Crippen molar-refractivity contribution in [2.75, 3.05) is 18.9 Å². The van der Waals surface area contributed by atoms with Gasteiger partial charge in [0.15, 0.2) is 17.0 Å². The van der Waals surface area contributed by atoms with Crippen molar-refractivity contribution in [1.29, 1.82) is 0 Å². The molecule has 2 atom stereocenters. The number of alkyl carbamates (subject to hydrolysis) is 1. The predicted octanol–water partition coefficient (Wildman–Crippen LogP) is 4.25. The average Bonchev–Trinajstić information content (AvgIpc) is 3.40. The Morgan fingerprint density at radius 1 is 1.02 bits per heavy atom. The van der Waals surface area contributed by atoms with Gasteiger partial charge in [-0.2, -0.15) is 0 Å². The summed E-state index contributed by atoms with van der Waals surface area (Å²) in [7, 11) is 0. The Bertz CT molecular complexity index is 1320. The first-order valence-corrected chi connectivity index (χ1v) is 14.9. The third-order valence-corrected chi connectivity index (χ3v) is 7.48. The maximum atomic E-state index is 14.4. The van der Waals surface area contributed by atoms with Crippen LogP contribution in [0, 0.1) is 17.5 Å². The number of hydrogen-bond acceptors (Lipinski definition) is 7. The van der Waals surface area contributed by atoms with E-state index in [0.29, 0.717) is 24.5 Å². The number of carbonyl (C=O) groups is 4. The zero-order valence-electron chi connectivity index (χ0n) is 24.5. The van der Waals surface area contributed by atoms with Crippen molar-refractivity contribution in [3.63, 3.8) is 0 Å². The van der Waals surface area contributed by atoms with E-state index in [4.69, 9.17) is 9.47 Å². The highest BCUT2D eigenvalue weighted by Gasteiger charge is 2.36. The molecule has 2 N–H and O–H groups in total. The summed E-state index contributed by atoms with van der Waals surface area (Å²) in [6.07, 6.45) is -1.39. The van der Waals surface area contributed by atoms with Crippen LogP contribution in [-0.4, -0.2) is 64.7 Å². The third-order valence-electron chi connectivity index (χ3n) is 6.28. The quantitative estimate of drug-likeness (QED) is 0.284. The van der Waals surface area contributed by atoms with Gasteiger partial charge in [0.25, 0.3) is 5.91 Å². The van der Waals surface area contributed by atoms with Gasteiger partial charge in [0.05, 0.1) is 13.0 Å². The van der Waals surface area contributed by atoms with E-state index in [1.54, 1.807) is 52.0 Å². The third kappa shape index (κ3) is 10.5. The van der Waals surface area contributed by atoms with Gasteiger partial charge in [-0.25, -0.2) is 18.0 Å². The lowest BCUT2D eigenvalue weighted by Gasteiger charge is -2.27. The molecule has 2 aromatic rings. The molecule has 2 unspecified atom stereocenters. The van der Waals surface area contributed by atoms with E-state index in [-0.39, 0.29) is 43.9 Å². The number of rotatable bonds is 11. The summed E-state index contributed by atoms with van der Waals surface area (Å²) in [5, 5.41) is 4.50. The van der Waals surface area contributed by atoms with Gasteiger partial charge in [0, 0.05) is 37.4 Å². The minimum atomic E-state index is -1.36. The van der Waals surface area contributed by atoms with Crippen LogP contribution in [-0.2, 0) is 43.2 Å². The van der Waals surface area contributed by atoms with Gasteiger partial charge in [-0.1, -0.05) is 24.3 Å². The van der Waals surface area contributed by atoms with Crippen molar-refractivity contribution < 1.29 is 41.8 Å². The molecule has 1 aliphatic rings. The summed E-state index contributed by atoms with van der Waals surface area (Å²) in [5.74, 6) is -4.36. The molecule has 0 spiro atoms. The lowest BCUT2D eigenvalue weighted by molar-refractivity contribution is -0.142. The van der Waals surface area contributed by atoms with Crippen LogP contribution in [0.1, 0.15) is 50.8 Å². The topological polar surface area (TPSA) is 114 Å². The molecule has 1 aliphatic heterocycles. The Labute approximate surface area is 252 Å². The Morgan fingerprint density at radius 2 is 1.67 bits per heavy atom. The molecule has 3 rings (SSSR count). The molecule has 43 heavy (non-hydrogen) atoms. The maximum Gasteiger partial charge on any atom is 0.407 e. The van der Waals surface area contributed by atoms with E-state index in [9.17, 15) is 32.3 Å². The summed E-state index contributed by atoms with van der Waals surface area (Å²) in [6.45, 7) is 7.42. The molecule has 0 saturated carbocycles. The van der Waals surface area contributed by atoms with E-state index in [2.05, 4.69) is 10.6 Å². The summed E-state index contributed by atoms with van der Waals surface area (Å²) < 4.78 is 51.9. The molecule has 0 aliphatic carbocycles. The number of halogens is 3. The van der Waals surface area contributed by atoms with E-state index < -0.39 is 52.4 Å². The number of benzene rings is 2. The Hall–Kier alpha value is -3.74. The zero-order chi connectivity index (χ0) is 31.7. The molecular formula is C30H36F3N3O6S. The fourth-order valence-electron chi connectivity index (χ4n) is 4.33. The summed E-state index contributed by atoms with van der Waals surface area (Å²) >= 11 is 1.27. The van der Waals surface area contributed by atoms with Gasteiger partial charge < -0.3 is 25.0 Å². The molecule has 234 valence electrons. The molecule has 1 heterocycles. The normalized spacial score (nSPS) is 15.5. The lowest BCUT2D eigenvalue weighted by Crippen LogP contribution is -2.48. The number of esters is 1. The summed E-state index contributed by atoms with van der Waals surface area (Å²) in [5.41, 5.74) is 0.472. The summed E-state index contributed by atoms with van der Waals surface area (Å²) in [6, 6.07) is 7.16. The highest BCUT2D eigenvalue weighted by molar-refractivity contribution is 8.00. The van der Waals surface area contributed by atoms with Crippen molar-refractivity contribution in [2.45, 2.75) is 70.5 Å². The molecule has 9 nitrogen and oxygen atoms in total. The molecule has 1 saturated heterocycles. The minimum Gasteiger partial charge on any atom is -0.466 e. The van der Waals surface area contributed by atoms with E-state index >= 15 is 0 Å². The lowest BCUT2D eigenvalue weighted by atomic mass is 10.0. The van der Waals surface area contributed by atoms with Crippen LogP contribution < -0.4 is 10.6 Å². The number of ether oxygens (including phenoxy) is 2. The van der Waals surface area contributed by atoms with Crippen molar-refractivity contribution in [1.82, 2.24) is 15.5 Å². The van der Waals surface area contributed by atoms with Crippen LogP contribution in [0.4, 0.5) is 18.0 Å². The molecule has 1 fully saturated rings. The first-order chi connectivity index (χ1) is 20.3. The van der Waals surface area contributed by atoms with Gasteiger partial charge in [0.1, 0.15) is 11.4 Å². The highest BCUT2D eigenvalue weighted by atomic mass is 32.2. The second-order valence-corrected chi connectivity index (χ2v) is 12.1. The fraction of sp³-hybridized carbons (Fsp3) is 0.467. The first kappa shape index (κ1) is 33.8. The van der Waals surface area contributed by atoms with E-state index in [1.807, 2.05) is 0 Å². The molecule has 0 aromatic heterocycles. The monoisotopic (exact) mass is 623 g/mol. The van der Waals surface area contributed by atoms with Gasteiger partial charge in [0.2, 0.25) is 5.91 Å². The second kappa shape index (κ2) is 15.1. The van der Waals surface area contributed by atoms with Crippen molar-refractivity contribution >= 4 is 35.6 Å². The fourth-order valence-corrected chi connectivity index (χ4v) is 5.50. The molecule has 13 heteroatoms. The molecule has 2 aromatic carbocycles. The number of nitrogens with one attached hydrogen (secondary N) is 2. The average molecular weight is 624 g/mol. The predicted molar refractivity (Wildman–Crippen MR) is 154 cm³/mol. The van der Waals surface area contributed by atoms with E-state index in [1.165, 1.54) is 16.7 Å². The SMILES string of the molecule is CCOC(=O)Cc1ccc(CNC(=O)C2SCCN2C(=O)CC(Cc2cc(F)c(F)cc2F)NC(=O)OC(C)(C)C)cc1. The number of hydrogen-bond donors (Lipinski definition) is 2. The van der Waals surface area contributed by atoms with Crippen LogP contribution in [0.25, 0.3) is 0 Å². The van der Waals surface area contributed by atoms with Gasteiger partial charge >= 0.3 is 12.1 Å². The van der Waals surface area contributed by atoms with Gasteiger partial charge in [-0.15, -0.1) is 11.8 Å². The standard InChI is InChI=1S/C30H36F3N3O6S/c1-5-41-26(38)12-18-6-8-19(9-7-18)17-34-27(39)28-36(10-11-43-28)25(37)15-21(35-29(40)42-30(2,3)4)13-20-14-23(32)24(33)16-22(20)31/h6-9,14,16,21,28H,5,10-13,15,17H2,1-4H3,(H,34,39)(H,35,40). The van der Waals surface area contributed by atoms with Crippen LogP contribution in [0.15, 0.2) is 36.4 Å².